The lowest BCUT2D eigenvalue weighted by molar-refractivity contribution is -0.121. The Labute approximate surface area is 153 Å². The van der Waals surface area contributed by atoms with E-state index in [2.05, 4.69) is 10.6 Å². The molecule has 2 N–H and O–H groups in total. The Morgan fingerprint density at radius 3 is 2.60 bits per heavy atom. The van der Waals surface area contributed by atoms with Crippen molar-refractivity contribution in [2.45, 2.75) is 18.9 Å². The smallest absolute Gasteiger partial charge is 0.256 e. The van der Waals surface area contributed by atoms with Crippen molar-refractivity contribution < 1.29 is 18.7 Å². The molecule has 8 heteroatoms. The van der Waals surface area contributed by atoms with Crippen LogP contribution in [0, 0.1) is 5.82 Å². The molecule has 25 heavy (non-hydrogen) atoms. The highest BCUT2D eigenvalue weighted by atomic mass is 35.5. The summed E-state index contributed by atoms with van der Waals surface area (Å²) in [6.07, 6.45) is 1.34. The number of carbonyl (C=O) groups excluding carboxylic acids is 2. The maximum Gasteiger partial charge on any atom is 0.256 e. The van der Waals surface area contributed by atoms with Gasteiger partial charge in [0.05, 0.1) is 18.7 Å². The van der Waals surface area contributed by atoms with Crippen molar-refractivity contribution in [3.63, 3.8) is 0 Å². The van der Waals surface area contributed by atoms with Gasteiger partial charge in [-0.15, -0.1) is 12.4 Å². The van der Waals surface area contributed by atoms with Gasteiger partial charge in [-0.05, 0) is 25.0 Å². The van der Waals surface area contributed by atoms with Crippen molar-refractivity contribution in [3.8, 4) is 0 Å². The van der Waals surface area contributed by atoms with Gasteiger partial charge in [-0.1, -0.05) is 12.1 Å². The highest BCUT2D eigenvalue weighted by Crippen LogP contribution is 2.15. The molecule has 1 fully saturated rings. The molecule has 0 aromatic heterocycles. The first-order chi connectivity index (χ1) is 11.6. The predicted octanol–water partition coefficient (Wildman–Crippen LogP) is 1.20. The van der Waals surface area contributed by atoms with Gasteiger partial charge in [0.25, 0.3) is 5.91 Å². The Kier molecular flexibility index (Phi) is 9.41. The maximum absolute atomic E-state index is 13.7. The molecule has 0 spiro atoms. The van der Waals surface area contributed by atoms with Crippen LogP contribution in [0.5, 0.6) is 0 Å². The van der Waals surface area contributed by atoms with Crippen LogP contribution in [0.15, 0.2) is 24.3 Å². The van der Waals surface area contributed by atoms with E-state index in [0.717, 1.165) is 0 Å². The molecule has 2 rings (SSSR count). The molecule has 1 heterocycles. The molecule has 1 aromatic rings. The first kappa shape index (κ1) is 21.3. The average molecular weight is 374 g/mol. The zero-order valence-corrected chi connectivity index (χ0v) is 15.1. The fourth-order valence-corrected chi connectivity index (χ4v) is 2.69. The van der Waals surface area contributed by atoms with E-state index in [4.69, 9.17) is 4.74 Å². The second-order valence-corrected chi connectivity index (χ2v) is 5.78. The number of rotatable bonds is 7. The third-order valence-corrected chi connectivity index (χ3v) is 4.02. The summed E-state index contributed by atoms with van der Waals surface area (Å²) in [5, 5.41) is 5.94. The quantitative estimate of drug-likeness (QED) is 0.705. The number of amides is 2. The van der Waals surface area contributed by atoms with Crippen molar-refractivity contribution >= 4 is 24.2 Å². The number of hydrogen-bond acceptors (Lipinski definition) is 4. The van der Waals surface area contributed by atoms with E-state index < -0.39 is 5.82 Å². The number of carbonyl (C=O) groups is 2. The predicted molar refractivity (Wildman–Crippen MR) is 95.5 cm³/mol. The van der Waals surface area contributed by atoms with Gasteiger partial charge in [0.15, 0.2) is 0 Å². The molecule has 0 aliphatic carbocycles. The zero-order chi connectivity index (χ0) is 17.4. The van der Waals surface area contributed by atoms with E-state index in [1.807, 2.05) is 0 Å². The summed E-state index contributed by atoms with van der Waals surface area (Å²) in [5.74, 6) is -0.857. The molecule has 140 valence electrons. The van der Waals surface area contributed by atoms with Gasteiger partial charge >= 0.3 is 0 Å². The van der Waals surface area contributed by atoms with E-state index in [-0.39, 0.29) is 42.4 Å². The maximum atomic E-state index is 13.7. The van der Waals surface area contributed by atoms with Crippen LogP contribution in [0.3, 0.4) is 0 Å². The van der Waals surface area contributed by atoms with Crippen molar-refractivity contribution in [3.05, 3.63) is 35.6 Å². The van der Waals surface area contributed by atoms with Gasteiger partial charge in [0.1, 0.15) is 5.82 Å². The number of ether oxygens (including phenoxy) is 1. The van der Waals surface area contributed by atoms with Gasteiger partial charge in [-0.3, -0.25) is 9.59 Å². The Hall–Kier alpha value is -1.70. The van der Waals surface area contributed by atoms with E-state index in [0.29, 0.717) is 39.1 Å². The number of nitrogens with zero attached hydrogens (tertiary/aromatic N) is 1. The van der Waals surface area contributed by atoms with E-state index in [1.54, 1.807) is 24.1 Å². The number of hydrogen-bond donors (Lipinski definition) is 2. The van der Waals surface area contributed by atoms with Crippen LogP contribution in [-0.2, 0) is 9.53 Å². The van der Waals surface area contributed by atoms with Crippen LogP contribution in [0.25, 0.3) is 0 Å². The molecule has 2 amide bonds. The van der Waals surface area contributed by atoms with Crippen LogP contribution in [0.4, 0.5) is 4.39 Å². The van der Waals surface area contributed by atoms with Crippen LogP contribution >= 0.6 is 12.4 Å². The number of benzene rings is 1. The fraction of sp³-hybridized carbons (Fsp3) is 0.529. The second-order valence-electron chi connectivity index (χ2n) is 5.78. The van der Waals surface area contributed by atoms with Crippen LogP contribution in [0.2, 0.25) is 0 Å². The molecule has 0 unspecified atom stereocenters. The van der Waals surface area contributed by atoms with Gasteiger partial charge < -0.3 is 20.3 Å². The summed E-state index contributed by atoms with van der Waals surface area (Å²) in [5.41, 5.74) is 0.0994. The Morgan fingerprint density at radius 2 is 1.96 bits per heavy atom. The molecule has 0 bridgehead atoms. The molecule has 0 atom stereocenters. The molecule has 1 aliphatic rings. The summed E-state index contributed by atoms with van der Waals surface area (Å²) in [4.78, 5) is 25.8. The van der Waals surface area contributed by atoms with Gasteiger partial charge in [0, 0.05) is 32.8 Å². The molecule has 0 radical (unpaired) electrons. The van der Waals surface area contributed by atoms with Crippen molar-refractivity contribution in [1.82, 2.24) is 15.5 Å². The lowest BCUT2D eigenvalue weighted by Crippen LogP contribution is -2.48. The van der Waals surface area contributed by atoms with Gasteiger partial charge in [-0.2, -0.15) is 0 Å². The van der Waals surface area contributed by atoms with E-state index in [1.165, 1.54) is 12.1 Å². The average Bonchev–Trinajstić information content (AvgIpc) is 2.59. The zero-order valence-electron chi connectivity index (χ0n) is 14.3. The number of methoxy groups -OCH3 is 1. The van der Waals surface area contributed by atoms with E-state index >= 15 is 0 Å². The molecule has 1 saturated heterocycles. The summed E-state index contributed by atoms with van der Waals surface area (Å²) < 4.78 is 18.6. The molecular weight excluding hydrogens is 349 g/mol. The topological polar surface area (TPSA) is 70.7 Å². The second kappa shape index (κ2) is 11.0. The highest BCUT2D eigenvalue weighted by Gasteiger charge is 2.25. The minimum absolute atomic E-state index is 0. The minimum Gasteiger partial charge on any atom is -0.383 e. The minimum atomic E-state index is -0.500. The third-order valence-electron chi connectivity index (χ3n) is 4.02. The monoisotopic (exact) mass is 373 g/mol. The van der Waals surface area contributed by atoms with Crippen molar-refractivity contribution in [2.75, 3.05) is 39.9 Å². The largest absolute Gasteiger partial charge is 0.383 e. The molecule has 1 aliphatic heterocycles. The SMILES string of the molecule is COCCNCC(=O)NC1CCN(C(=O)c2ccccc2F)CC1.Cl. The number of halogens is 2. The molecule has 1 aromatic carbocycles. The first-order valence-corrected chi connectivity index (χ1v) is 8.14. The van der Waals surface area contributed by atoms with Crippen molar-refractivity contribution in [2.24, 2.45) is 0 Å². The van der Waals surface area contributed by atoms with E-state index in [9.17, 15) is 14.0 Å². The summed E-state index contributed by atoms with van der Waals surface area (Å²) in [6.45, 7) is 2.45. The van der Waals surface area contributed by atoms with Crippen LogP contribution in [-0.4, -0.2) is 62.7 Å². The van der Waals surface area contributed by atoms with Gasteiger partial charge in [-0.25, -0.2) is 4.39 Å². The lowest BCUT2D eigenvalue weighted by Gasteiger charge is -2.32. The number of piperidine rings is 1. The molecule has 6 nitrogen and oxygen atoms in total. The fourth-order valence-electron chi connectivity index (χ4n) is 2.69. The van der Waals surface area contributed by atoms with Crippen LogP contribution < -0.4 is 10.6 Å². The number of nitrogens with one attached hydrogen (secondary N) is 2. The standard InChI is InChI=1S/C17H24FN3O3.ClH/c1-24-11-8-19-12-16(22)20-13-6-9-21(10-7-13)17(23)14-4-2-3-5-15(14)18;/h2-5,13,19H,6-12H2,1H3,(H,20,22);1H. The van der Waals surface area contributed by atoms with Crippen LogP contribution in [0.1, 0.15) is 23.2 Å². The number of likely N-dealkylation sites (tertiary alicyclic amines) is 1. The summed E-state index contributed by atoms with van der Waals surface area (Å²) >= 11 is 0. The third kappa shape index (κ3) is 6.61. The Morgan fingerprint density at radius 1 is 1.28 bits per heavy atom. The molecule has 0 saturated carbocycles. The summed E-state index contributed by atoms with van der Waals surface area (Å²) in [7, 11) is 1.61. The highest BCUT2D eigenvalue weighted by molar-refractivity contribution is 5.94. The van der Waals surface area contributed by atoms with Crippen molar-refractivity contribution in [1.29, 1.82) is 0 Å². The molecular formula is C17H25ClFN3O3. The Balaban J connectivity index is 0.00000312. The lowest BCUT2D eigenvalue weighted by atomic mass is 10.0. The summed E-state index contributed by atoms with van der Waals surface area (Å²) in [6, 6.07) is 6.05. The van der Waals surface area contributed by atoms with Gasteiger partial charge in [0.2, 0.25) is 5.91 Å². The normalized spacial score (nSPS) is 14.7. The Bertz CT molecular complexity index is 566. The first-order valence-electron chi connectivity index (χ1n) is 8.14.